The van der Waals surface area contributed by atoms with Gasteiger partial charge in [-0.15, -0.1) is 0 Å². The molecule has 2 fully saturated rings. The lowest BCUT2D eigenvalue weighted by molar-refractivity contribution is 0.0966. The van der Waals surface area contributed by atoms with E-state index in [1.807, 2.05) is 38.4 Å². The van der Waals surface area contributed by atoms with Gasteiger partial charge in [0.2, 0.25) is 0 Å². The number of nitrogens with zero attached hydrogens (tertiary/aromatic N) is 2. The SMILES string of the molecule is C=N/C(=C\C(C)=C/CCOCCNC)NC(=O)c1ccc(NSC)cc1N1CCC2(CC1)CC2. The van der Waals surface area contributed by atoms with Crippen molar-refractivity contribution in [1.29, 1.82) is 0 Å². The fourth-order valence-electron chi connectivity index (χ4n) is 4.29. The lowest BCUT2D eigenvalue weighted by Crippen LogP contribution is -2.36. The molecular weight excluding hydrogens is 446 g/mol. The molecule has 1 heterocycles. The number of allylic oxidation sites excluding steroid dienone is 2. The maximum absolute atomic E-state index is 13.3. The number of likely N-dealkylation sites (N-methyl/N-ethyl adjacent to an activating group) is 1. The van der Waals surface area contributed by atoms with Crippen LogP contribution in [-0.2, 0) is 4.74 Å². The van der Waals surface area contributed by atoms with Crippen molar-refractivity contribution >= 4 is 35.9 Å². The minimum absolute atomic E-state index is 0.167. The Balaban J connectivity index is 1.68. The zero-order valence-electron chi connectivity index (χ0n) is 20.8. The van der Waals surface area contributed by atoms with E-state index in [1.54, 1.807) is 11.9 Å². The average molecular weight is 486 g/mol. The number of rotatable bonds is 13. The van der Waals surface area contributed by atoms with Crippen LogP contribution >= 0.6 is 11.9 Å². The molecule has 0 radical (unpaired) electrons. The molecule has 1 aliphatic carbocycles. The first kappa shape index (κ1) is 26.3. The summed E-state index contributed by atoms with van der Waals surface area (Å²) in [4.78, 5) is 19.7. The molecule has 0 bridgehead atoms. The van der Waals surface area contributed by atoms with Crippen LogP contribution in [0.4, 0.5) is 11.4 Å². The Morgan fingerprint density at radius 1 is 1.26 bits per heavy atom. The summed E-state index contributed by atoms with van der Waals surface area (Å²) < 4.78 is 8.84. The zero-order valence-corrected chi connectivity index (χ0v) is 21.6. The lowest BCUT2D eigenvalue weighted by atomic mass is 9.93. The summed E-state index contributed by atoms with van der Waals surface area (Å²) in [7, 11) is 1.91. The number of piperidine rings is 1. The second-order valence-corrected chi connectivity index (χ2v) is 9.73. The molecule has 1 saturated heterocycles. The standard InChI is InChI=1S/C26H39N5O2S/c1-20(6-5-16-33-17-13-27-2)18-24(28-3)29-25(32)22-8-7-21(30-34-4)19-23(22)31-14-11-26(9-10-26)12-15-31/h6-8,18-19,27,30H,3,5,9-17H2,1-2,4H3,(H,29,32)/b20-6-,24-18+. The Hall–Kier alpha value is -2.29. The van der Waals surface area contributed by atoms with E-state index in [0.29, 0.717) is 30.0 Å². The number of carbonyl (C=O) groups is 1. The highest BCUT2D eigenvalue weighted by Crippen LogP contribution is 2.54. The van der Waals surface area contributed by atoms with E-state index in [-0.39, 0.29) is 5.91 Å². The van der Waals surface area contributed by atoms with Crippen LogP contribution in [-0.4, -0.2) is 58.8 Å². The van der Waals surface area contributed by atoms with E-state index in [1.165, 1.54) is 25.7 Å². The van der Waals surface area contributed by atoms with Crippen molar-refractivity contribution in [2.75, 3.05) is 55.8 Å². The van der Waals surface area contributed by atoms with E-state index in [9.17, 15) is 4.79 Å². The summed E-state index contributed by atoms with van der Waals surface area (Å²) in [5, 5.41) is 6.01. The quantitative estimate of drug-likeness (QED) is 0.164. The second kappa shape index (κ2) is 13.0. The molecule has 3 N–H and O–H groups in total. The van der Waals surface area contributed by atoms with Crippen LogP contribution in [0.25, 0.3) is 0 Å². The third-order valence-electron chi connectivity index (χ3n) is 6.59. The van der Waals surface area contributed by atoms with E-state index < -0.39 is 0 Å². The third kappa shape index (κ3) is 7.61. The number of ether oxygens (including phenoxy) is 1. The highest BCUT2D eigenvalue weighted by atomic mass is 32.2. The molecule has 7 nitrogen and oxygen atoms in total. The van der Waals surface area contributed by atoms with Crippen LogP contribution in [0.1, 0.15) is 49.4 Å². The Morgan fingerprint density at radius 2 is 2.03 bits per heavy atom. The molecule has 0 atom stereocenters. The van der Waals surface area contributed by atoms with Gasteiger partial charge in [-0.3, -0.25) is 4.79 Å². The first-order valence-corrected chi connectivity index (χ1v) is 13.3. The Morgan fingerprint density at radius 3 is 2.68 bits per heavy atom. The van der Waals surface area contributed by atoms with Gasteiger partial charge in [-0.25, -0.2) is 4.99 Å². The number of carbonyl (C=O) groups excluding carboxylic acids is 1. The van der Waals surface area contributed by atoms with Crippen LogP contribution < -0.4 is 20.3 Å². The average Bonchev–Trinajstić information content (AvgIpc) is 3.60. The second-order valence-electron chi connectivity index (χ2n) is 9.12. The van der Waals surface area contributed by atoms with Gasteiger partial charge in [-0.05, 0) is 82.5 Å². The predicted octanol–water partition coefficient (Wildman–Crippen LogP) is 4.60. The fraction of sp³-hybridized carbons (Fsp3) is 0.538. The van der Waals surface area contributed by atoms with Gasteiger partial charge in [0.1, 0.15) is 5.82 Å². The number of aliphatic imine (C=N–C) groups is 1. The summed E-state index contributed by atoms with van der Waals surface area (Å²) in [6, 6.07) is 5.93. The minimum atomic E-state index is -0.167. The number of benzene rings is 1. The number of nitrogens with one attached hydrogen (secondary N) is 3. The molecule has 3 rings (SSSR count). The normalized spacial score (nSPS) is 17.6. The summed E-state index contributed by atoms with van der Waals surface area (Å²) in [5.41, 5.74) is 4.22. The summed E-state index contributed by atoms with van der Waals surface area (Å²) in [6.07, 6.45) is 11.8. The van der Waals surface area contributed by atoms with E-state index in [0.717, 1.165) is 43.0 Å². The lowest BCUT2D eigenvalue weighted by Gasteiger charge is -2.35. The van der Waals surface area contributed by atoms with Crippen molar-refractivity contribution in [2.24, 2.45) is 10.4 Å². The van der Waals surface area contributed by atoms with Gasteiger partial charge in [0.05, 0.1) is 24.5 Å². The highest BCUT2D eigenvalue weighted by molar-refractivity contribution is 7.99. The Kier molecular flexibility index (Phi) is 10.0. The van der Waals surface area contributed by atoms with Crippen LogP contribution in [0.5, 0.6) is 0 Å². The van der Waals surface area contributed by atoms with Gasteiger partial charge >= 0.3 is 0 Å². The van der Waals surface area contributed by atoms with Crippen molar-refractivity contribution < 1.29 is 9.53 Å². The van der Waals surface area contributed by atoms with Crippen molar-refractivity contribution in [3.05, 3.63) is 47.3 Å². The fourth-order valence-corrected chi connectivity index (χ4v) is 4.65. The summed E-state index contributed by atoms with van der Waals surface area (Å²) in [5.74, 6) is 0.280. The van der Waals surface area contributed by atoms with Gasteiger partial charge in [-0.2, -0.15) is 0 Å². The largest absolute Gasteiger partial charge is 0.380 e. The van der Waals surface area contributed by atoms with Crippen LogP contribution in [0.2, 0.25) is 0 Å². The number of amides is 1. The molecule has 1 amide bonds. The summed E-state index contributed by atoms with van der Waals surface area (Å²) >= 11 is 1.55. The molecule has 1 spiro atoms. The highest BCUT2D eigenvalue weighted by Gasteiger charge is 2.44. The molecule has 1 aromatic rings. The first-order chi connectivity index (χ1) is 16.5. The molecule has 1 aromatic carbocycles. The molecule has 8 heteroatoms. The molecule has 186 valence electrons. The Labute approximate surface area is 208 Å². The van der Waals surface area contributed by atoms with E-state index in [2.05, 4.69) is 44.1 Å². The van der Waals surface area contributed by atoms with E-state index in [4.69, 9.17) is 4.74 Å². The van der Waals surface area contributed by atoms with Crippen molar-refractivity contribution in [2.45, 2.75) is 39.0 Å². The number of anilines is 2. The number of hydrogen-bond acceptors (Lipinski definition) is 7. The predicted molar refractivity (Wildman–Crippen MR) is 145 cm³/mol. The molecule has 1 aliphatic heterocycles. The van der Waals surface area contributed by atoms with Gasteiger partial charge in [0.25, 0.3) is 5.91 Å². The third-order valence-corrected chi connectivity index (χ3v) is 7.03. The smallest absolute Gasteiger partial charge is 0.258 e. The molecule has 0 unspecified atom stereocenters. The van der Waals surface area contributed by atoms with Gasteiger partial charge < -0.3 is 25.0 Å². The zero-order chi connectivity index (χ0) is 24.4. The molecular formula is C26H39N5O2S. The van der Waals surface area contributed by atoms with Crippen LogP contribution in [0.3, 0.4) is 0 Å². The van der Waals surface area contributed by atoms with Crippen molar-refractivity contribution in [3.63, 3.8) is 0 Å². The summed E-state index contributed by atoms with van der Waals surface area (Å²) in [6.45, 7) is 9.81. The first-order valence-electron chi connectivity index (χ1n) is 12.1. The minimum Gasteiger partial charge on any atom is -0.380 e. The van der Waals surface area contributed by atoms with Crippen molar-refractivity contribution in [1.82, 2.24) is 10.6 Å². The van der Waals surface area contributed by atoms with E-state index >= 15 is 0 Å². The van der Waals surface area contributed by atoms with Crippen LogP contribution in [0, 0.1) is 5.41 Å². The topological polar surface area (TPSA) is 78.0 Å². The van der Waals surface area contributed by atoms with Crippen molar-refractivity contribution in [3.8, 4) is 0 Å². The maximum Gasteiger partial charge on any atom is 0.258 e. The molecule has 2 aliphatic rings. The van der Waals surface area contributed by atoms with Gasteiger partial charge in [-0.1, -0.05) is 23.6 Å². The molecule has 1 saturated carbocycles. The van der Waals surface area contributed by atoms with Gasteiger partial charge in [0.15, 0.2) is 0 Å². The monoisotopic (exact) mass is 485 g/mol. The Bertz CT molecular complexity index is 900. The molecule has 34 heavy (non-hydrogen) atoms. The molecule has 0 aromatic heterocycles. The number of hydrogen-bond donors (Lipinski definition) is 3. The maximum atomic E-state index is 13.3. The van der Waals surface area contributed by atoms with Crippen LogP contribution in [0.15, 0.2) is 46.7 Å². The van der Waals surface area contributed by atoms with Gasteiger partial charge in [0, 0.05) is 31.6 Å².